The number of esters is 1. The number of hydrogen-bond donors (Lipinski definition) is 1. The van der Waals surface area contributed by atoms with Crippen LogP contribution < -0.4 is 5.73 Å². The molecule has 0 aliphatic heterocycles. The van der Waals surface area contributed by atoms with Crippen LogP contribution in [0.25, 0.3) is 0 Å². The Morgan fingerprint density at radius 3 is 2.79 bits per heavy atom. The number of thiophene rings is 1. The second-order valence-electron chi connectivity index (χ2n) is 2.73. The molecule has 0 atom stereocenters. The first-order valence-electron chi connectivity index (χ1n) is 4.15. The van der Waals surface area contributed by atoms with Crippen molar-refractivity contribution in [3.8, 4) is 0 Å². The molecule has 0 spiro atoms. The van der Waals surface area contributed by atoms with Crippen LogP contribution >= 0.6 is 23.7 Å². The van der Waals surface area contributed by atoms with E-state index in [0.29, 0.717) is 10.6 Å². The highest BCUT2D eigenvalue weighted by molar-refractivity contribution is 7.16. The monoisotopic (exact) mass is 235 g/mol. The lowest BCUT2D eigenvalue weighted by Crippen LogP contribution is -2.01. The number of ether oxygens (including phenoxy) is 1. The van der Waals surface area contributed by atoms with Gasteiger partial charge in [0.1, 0.15) is 5.00 Å². The Morgan fingerprint density at radius 2 is 2.29 bits per heavy atom. The molecule has 0 bridgehead atoms. The van der Waals surface area contributed by atoms with Gasteiger partial charge in [-0.15, -0.1) is 23.7 Å². The van der Waals surface area contributed by atoms with Gasteiger partial charge in [-0.25, -0.2) is 4.79 Å². The van der Waals surface area contributed by atoms with E-state index in [4.69, 9.17) is 5.73 Å². The third-order valence-corrected chi connectivity index (χ3v) is 2.74. The Labute approximate surface area is 93.7 Å². The molecule has 0 amide bonds. The standard InChI is InChI=1S/C9H13NO2S.ClH/c1-3-4-6-5-7(8(10)13-6)9(11)12-2;/h5H,3-4,10H2,1-2H3;1H. The molecule has 1 rings (SSSR count). The first kappa shape index (κ1) is 13.3. The van der Waals surface area contributed by atoms with Gasteiger partial charge in [-0.2, -0.15) is 0 Å². The molecule has 0 saturated heterocycles. The third kappa shape index (κ3) is 2.89. The summed E-state index contributed by atoms with van der Waals surface area (Å²) >= 11 is 1.46. The largest absolute Gasteiger partial charge is 0.465 e. The molecule has 0 fully saturated rings. The number of nitrogens with two attached hydrogens (primary N) is 1. The zero-order valence-corrected chi connectivity index (χ0v) is 9.83. The quantitative estimate of drug-likeness (QED) is 0.819. The minimum atomic E-state index is -0.351. The average Bonchev–Trinajstić information content (AvgIpc) is 2.46. The lowest BCUT2D eigenvalue weighted by Gasteiger charge is -1.94. The minimum absolute atomic E-state index is 0. The maximum Gasteiger partial charge on any atom is 0.340 e. The second kappa shape index (κ2) is 5.88. The molecule has 0 aliphatic rings. The Balaban J connectivity index is 0.00000169. The van der Waals surface area contributed by atoms with Crippen LogP contribution in [0.4, 0.5) is 5.00 Å². The van der Waals surface area contributed by atoms with Crippen molar-refractivity contribution >= 4 is 34.7 Å². The Hall–Kier alpha value is -0.740. The number of methoxy groups -OCH3 is 1. The van der Waals surface area contributed by atoms with E-state index in [9.17, 15) is 4.79 Å². The van der Waals surface area contributed by atoms with Crippen LogP contribution in [0.3, 0.4) is 0 Å². The SMILES string of the molecule is CCCc1cc(C(=O)OC)c(N)s1.Cl. The van der Waals surface area contributed by atoms with Crippen LogP contribution in [0.5, 0.6) is 0 Å². The number of rotatable bonds is 3. The number of carbonyl (C=O) groups excluding carboxylic acids is 1. The summed E-state index contributed by atoms with van der Waals surface area (Å²) in [6, 6.07) is 1.81. The van der Waals surface area contributed by atoms with Gasteiger partial charge in [0.05, 0.1) is 12.7 Å². The number of aryl methyl sites for hydroxylation is 1. The van der Waals surface area contributed by atoms with Crippen molar-refractivity contribution in [3.05, 3.63) is 16.5 Å². The van der Waals surface area contributed by atoms with Gasteiger partial charge in [-0.1, -0.05) is 13.3 Å². The van der Waals surface area contributed by atoms with Gasteiger partial charge in [0, 0.05) is 4.88 Å². The molecule has 3 nitrogen and oxygen atoms in total. The molecule has 2 N–H and O–H groups in total. The molecule has 5 heteroatoms. The molecule has 1 aromatic rings. The fourth-order valence-electron chi connectivity index (χ4n) is 1.10. The van der Waals surface area contributed by atoms with Crippen molar-refractivity contribution in [2.75, 3.05) is 12.8 Å². The zero-order chi connectivity index (χ0) is 9.84. The van der Waals surface area contributed by atoms with Crippen LogP contribution in [-0.4, -0.2) is 13.1 Å². The maximum atomic E-state index is 11.2. The van der Waals surface area contributed by atoms with Crippen molar-refractivity contribution in [1.29, 1.82) is 0 Å². The molecular formula is C9H14ClNO2S. The lowest BCUT2D eigenvalue weighted by molar-refractivity contribution is 0.0602. The van der Waals surface area contributed by atoms with E-state index in [-0.39, 0.29) is 18.4 Å². The van der Waals surface area contributed by atoms with Crippen molar-refractivity contribution < 1.29 is 9.53 Å². The van der Waals surface area contributed by atoms with Gasteiger partial charge >= 0.3 is 5.97 Å². The Kier molecular flexibility index (Phi) is 5.57. The summed E-state index contributed by atoms with van der Waals surface area (Å²) in [7, 11) is 1.36. The molecule has 0 aliphatic carbocycles. The van der Waals surface area contributed by atoms with E-state index >= 15 is 0 Å². The van der Waals surface area contributed by atoms with E-state index in [1.54, 1.807) is 0 Å². The Morgan fingerprint density at radius 1 is 1.64 bits per heavy atom. The molecule has 0 saturated carbocycles. The van der Waals surface area contributed by atoms with Gasteiger partial charge in [0.25, 0.3) is 0 Å². The topological polar surface area (TPSA) is 52.3 Å². The fraction of sp³-hybridized carbons (Fsp3) is 0.444. The van der Waals surface area contributed by atoms with Crippen LogP contribution in [0.1, 0.15) is 28.6 Å². The van der Waals surface area contributed by atoms with Crippen molar-refractivity contribution in [2.24, 2.45) is 0 Å². The number of carbonyl (C=O) groups is 1. The lowest BCUT2D eigenvalue weighted by atomic mass is 10.2. The maximum absolute atomic E-state index is 11.2. The first-order valence-corrected chi connectivity index (χ1v) is 4.97. The van der Waals surface area contributed by atoms with E-state index in [1.165, 1.54) is 18.4 Å². The van der Waals surface area contributed by atoms with E-state index in [1.807, 2.05) is 6.07 Å². The van der Waals surface area contributed by atoms with Gasteiger partial charge in [0.15, 0.2) is 0 Å². The van der Waals surface area contributed by atoms with E-state index in [0.717, 1.165) is 17.7 Å². The van der Waals surface area contributed by atoms with Crippen LogP contribution in [0, 0.1) is 0 Å². The van der Waals surface area contributed by atoms with Crippen molar-refractivity contribution in [2.45, 2.75) is 19.8 Å². The molecule has 80 valence electrons. The summed E-state index contributed by atoms with van der Waals surface area (Å²) in [4.78, 5) is 12.3. The molecule has 0 aromatic carbocycles. The predicted molar refractivity (Wildman–Crippen MR) is 61.3 cm³/mol. The smallest absolute Gasteiger partial charge is 0.340 e. The predicted octanol–water partition coefficient (Wildman–Crippen LogP) is 2.49. The summed E-state index contributed by atoms with van der Waals surface area (Å²) in [6.45, 7) is 2.09. The van der Waals surface area contributed by atoms with E-state index < -0.39 is 0 Å². The highest BCUT2D eigenvalue weighted by Crippen LogP contribution is 2.26. The summed E-state index contributed by atoms with van der Waals surface area (Å²) < 4.78 is 4.60. The summed E-state index contributed by atoms with van der Waals surface area (Å²) in [5.41, 5.74) is 6.16. The summed E-state index contributed by atoms with van der Waals surface area (Å²) in [6.07, 6.45) is 2.02. The van der Waals surface area contributed by atoms with Crippen LogP contribution in [-0.2, 0) is 11.2 Å². The second-order valence-corrected chi connectivity index (χ2v) is 3.90. The first-order chi connectivity index (χ1) is 6.19. The van der Waals surface area contributed by atoms with Crippen LogP contribution in [0.2, 0.25) is 0 Å². The molecule has 14 heavy (non-hydrogen) atoms. The van der Waals surface area contributed by atoms with Gasteiger partial charge in [-0.05, 0) is 12.5 Å². The summed E-state index contributed by atoms with van der Waals surface area (Å²) in [5.74, 6) is -0.351. The molecule has 0 radical (unpaired) electrons. The Bertz CT molecular complexity index is 312. The number of nitrogen functional groups attached to an aromatic ring is 1. The van der Waals surface area contributed by atoms with Crippen molar-refractivity contribution in [1.82, 2.24) is 0 Å². The highest BCUT2D eigenvalue weighted by Gasteiger charge is 2.13. The van der Waals surface area contributed by atoms with Gasteiger partial charge in [0.2, 0.25) is 0 Å². The van der Waals surface area contributed by atoms with Gasteiger partial charge in [-0.3, -0.25) is 0 Å². The number of hydrogen-bond acceptors (Lipinski definition) is 4. The molecule has 0 unspecified atom stereocenters. The highest BCUT2D eigenvalue weighted by atomic mass is 35.5. The van der Waals surface area contributed by atoms with Crippen LogP contribution in [0.15, 0.2) is 6.07 Å². The average molecular weight is 236 g/mol. The summed E-state index contributed by atoms with van der Waals surface area (Å²) in [5, 5.41) is 0.551. The normalized spacial score (nSPS) is 9.29. The third-order valence-electron chi connectivity index (χ3n) is 1.71. The molecular weight excluding hydrogens is 222 g/mol. The fourth-order valence-corrected chi connectivity index (χ4v) is 2.11. The zero-order valence-electron chi connectivity index (χ0n) is 8.20. The molecule has 1 aromatic heterocycles. The minimum Gasteiger partial charge on any atom is -0.465 e. The van der Waals surface area contributed by atoms with Gasteiger partial charge < -0.3 is 10.5 Å². The van der Waals surface area contributed by atoms with Crippen molar-refractivity contribution in [3.63, 3.8) is 0 Å². The van der Waals surface area contributed by atoms with E-state index in [2.05, 4.69) is 11.7 Å². The number of anilines is 1. The molecule has 1 heterocycles. The number of halogens is 1.